The zero-order chi connectivity index (χ0) is 20.4. The molecule has 0 saturated heterocycles. The van der Waals surface area contributed by atoms with Gasteiger partial charge < -0.3 is 4.74 Å². The van der Waals surface area contributed by atoms with Crippen molar-refractivity contribution in [1.82, 2.24) is 0 Å². The zero-order valence-corrected chi connectivity index (χ0v) is 16.5. The highest BCUT2D eigenvalue weighted by Crippen LogP contribution is 2.33. The molecule has 0 radical (unpaired) electrons. The van der Waals surface area contributed by atoms with Gasteiger partial charge in [0.05, 0.1) is 23.6 Å². The van der Waals surface area contributed by atoms with Gasteiger partial charge in [0, 0.05) is 0 Å². The van der Waals surface area contributed by atoms with Crippen LogP contribution < -0.4 is 4.74 Å². The largest absolute Gasteiger partial charge is 0.457 e. The lowest BCUT2D eigenvalue weighted by Gasteiger charge is -2.26. The maximum Gasteiger partial charge on any atom is 0.158 e. The molecule has 0 amide bonds. The maximum absolute atomic E-state index is 9.50. The van der Waals surface area contributed by atoms with Crippen molar-refractivity contribution in [3.8, 4) is 29.7 Å². The first-order chi connectivity index (χ1) is 12.9. The topological polar surface area (TPSA) is 80.6 Å². The minimum Gasteiger partial charge on any atom is -0.457 e. The fourth-order valence-corrected chi connectivity index (χ4v) is 2.44. The van der Waals surface area contributed by atoms with Crippen molar-refractivity contribution in [2.45, 2.75) is 46.0 Å². The second-order valence-electron chi connectivity index (χ2n) is 6.36. The fourth-order valence-electron chi connectivity index (χ4n) is 2.44. The molecule has 27 heavy (non-hydrogen) atoms. The molecular weight excluding hydrogens is 334 g/mol. The normalized spacial score (nSPS) is 12.0. The van der Waals surface area contributed by atoms with Crippen molar-refractivity contribution in [2.75, 3.05) is 0 Å². The van der Waals surface area contributed by atoms with E-state index in [2.05, 4.69) is 6.07 Å². The standard InChI is InChI=1S/C21H19N3O.C2H6/c1-15(2)21(3,14-24)18-6-10-20(11-7-18)25-19-8-4-16(5-9-19)17(12-22)13-23;1-2/h4-11,15,17H,1-3H3;1-2H3. The second kappa shape index (κ2) is 10.0. The van der Waals surface area contributed by atoms with E-state index in [1.807, 2.05) is 71.0 Å². The van der Waals surface area contributed by atoms with E-state index in [4.69, 9.17) is 15.3 Å². The van der Waals surface area contributed by atoms with Crippen LogP contribution in [0.15, 0.2) is 48.5 Å². The molecule has 0 heterocycles. The summed E-state index contributed by atoms with van der Waals surface area (Å²) in [4.78, 5) is 0. The van der Waals surface area contributed by atoms with E-state index in [9.17, 15) is 5.26 Å². The Kier molecular flexibility index (Phi) is 8.06. The first-order valence-corrected chi connectivity index (χ1v) is 9.03. The van der Waals surface area contributed by atoms with Gasteiger partial charge in [0.2, 0.25) is 0 Å². The predicted octanol–water partition coefficient (Wildman–Crippen LogP) is 6.07. The highest BCUT2D eigenvalue weighted by atomic mass is 16.5. The van der Waals surface area contributed by atoms with Crippen LogP contribution in [0.3, 0.4) is 0 Å². The van der Waals surface area contributed by atoms with E-state index in [0.29, 0.717) is 17.1 Å². The summed E-state index contributed by atoms with van der Waals surface area (Å²) in [5.41, 5.74) is 1.07. The van der Waals surface area contributed by atoms with Crippen LogP contribution in [0, 0.1) is 39.9 Å². The van der Waals surface area contributed by atoms with Crippen LogP contribution in [0.2, 0.25) is 0 Å². The Balaban J connectivity index is 0.00000176. The Labute approximate surface area is 162 Å². The number of rotatable bonds is 5. The Hall–Kier alpha value is -3.29. The van der Waals surface area contributed by atoms with Crippen molar-refractivity contribution in [1.29, 1.82) is 15.8 Å². The molecule has 0 aromatic heterocycles. The first-order valence-electron chi connectivity index (χ1n) is 9.03. The van der Waals surface area contributed by atoms with E-state index >= 15 is 0 Å². The Morgan fingerprint density at radius 1 is 0.815 bits per heavy atom. The molecule has 0 N–H and O–H groups in total. The van der Waals surface area contributed by atoms with Crippen molar-refractivity contribution in [3.63, 3.8) is 0 Å². The van der Waals surface area contributed by atoms with Crippen LogP contribution in [0.25, 0.3) is 0 Å². The van der Waals surface area contributed by atoms with Gasteiger partial charge >= 0.3 is 0 Å². The highest BCUT2D eigenvalue weighted by molar-refractivity contribution is 5.40. The Bertz CT molecular complexity index is 835. The zero-order valence-electron chi connectivity index (χ0n) is 16.5. The average molecular weight is 359 g/mol. The van der Waals surface area contributed by atoms with Gasteiger partial charge in [0.1, 0.15) is 11.5 Å². The molecule has 0 saturated carbocycles. The lowest BCUT2D eigenvalue weighted by molar-refractivity contribution is 0.429. The summed E-state index contributed by atoms with van der Waals surface area (Å²) in [7, 11) is 0. The molecule has 138 valence electrons. The molecule has 4 heteroatoms. The van der Waals surface area contributed by atoms with E-state index in [0.717, 1.165) is 5.56 Å². The average Bonchev–Trinajstić information content (AvgIpc) is 2.71. The van der Waals surface area contributed by atoms with Crippen LogP contribution in [-0.4, -0.2) is 0 Å². The van der Waals surface area contributed by atoms with Crippen LogP contribution >= 0.6 is 0 Å². The van der Waals surface area contributed by atoms with Crippen molar-refractivity contribution >= 4 is 0 Å². The summed E-state index contributed by atoms with van der Waals surface area (Å²) < 4.78 is 5.79. The third-order valence-electron chi connectivity index (χ3n) is 4.55. The minimum atomic E-state index is -0.770. The molecule has 4 nitrogen and oxygen atoms in total. The molecule has 0 bridgehead atoms. The van der Waals surface area contributed by atoms with Crippen LogP contribution in [0.4, 0.5) is 0 Å². The van der Waals surface area contributed by atoms with Crippen LogP contribution in [-0.2, 0) is 5.41 Å². The van der Waals surface area contributed by atoms with Gasteiger partial charge in [0.15, 0.2) is 5.92 Å². The number of hydrogen-bond acceptors (Lipinski definition) is 4. The van der Waals surface area contributed by atoms with Gasteiger partial charge in [-0.3, -0.25) is 0 Å². The molecule has 0 aliphatic rings. The minimum absolute atomic E-state index is 0.199. The quantitative estimate of drug-likeness (QED) is 0.648. The van der Waals surface area contributed by atoms with Crippen LogP contribution in [0.5, 0.6) is 11.5 Å². The van der Waals surface area contributed by atoms with E-state index in [-0.39, 0.29) is 5.92 Å². The molecule has 2 aromatic rings. The van der Waals surface area contributed by atoms with E-state index in [1.54, 1.807) is 24.3 Å². The molecule has 2 rings (SSSR count). The highest BCUT2D eigenvalue weighted by Gasteiger charge is 2.30. The Morgan fingerprint density at radius 3 is 1.63 bits per heavy atom. The SMILES string of the molecule is CC.CC(C)C(C)(C#N)c1ccc(Oc2ccc(C(C#N)C#N)cc2)cc1. The molecule has 1 atom stereocenters. The maximum atomic E-state index is 9.50. The van der Waals surface area contributed by atoms with Crippen molar-refractivity contribution in [3.05, 3.63) is 59.7 Å². The monoisotopic (exact) mass is 359 g/mol. The third-order valence-corrected chi connectivity index (χ3v) is 4.55. The summed E-state index contributed by atoms with van der Waals surface area (Å²) in [6.45, 7) is 10.0. The van der Waals surface area contributed by atoms with Gasteiger partial charge in [-0.2, -0.15) is 15.8 Å². The van der Waals surface area contributed by atoms with Crippen molar-refractivity contribution < 1.29 is 4.74 Å². The van der Waals surface area contributed by atoms with Gasteiger partial charge in [-0.1, -0.05) is 52.0 Å². The second-order valence-corrected chi connectivity index (χ2v) is 6.36. The number of benzene rings is 2. The summed E-state index contributed by atoms with van der Waals surface area (Å²) in [6.07, 6.45) is 0. The van der Waals surface area contributed by atoms with Gasteiger partial charge in [0.25, 0.3) is 0 Å². The molecule has 0 aliphatic carbocycles. The number of nitrogens with zero attached hydrogens (tertiary/aromatic N) is 3. The molecule has 2 aromatic carbocycles. The summed E-state index contributed by atoms with van der Waals surface area (Å²) >= 11 is 0. The fraction of sp³-hybridized carbons (Fsp3) is 0.348. The van der Waals surface area contributed by atoms with Crippen molar-refractivity contribution in [2.24, 2.45) is 5.92 Å². The predicted molar refractivity (Wildman–Crippen MR) is 106 cm³/mol. The van der Waals surface area contributed by atoms with Gasteiger partial charge in [-0.05, 0) is 48.2 Å². The molecule has 0 spiro atoms. The summed E-state index contributed by atoms with van der Waals surface area (Å²) in [5, 5.41) is 27.3. The summed E-state index contributed by atoms with van der Waals surface area (Å²) in [5.74, 6) is 0.716. The lowest BCUT2D eigenvalue weighted by Crippen LogP contribution is -2.26. The molecular formula is C23H25N3O. The molecule has 0 fully saturated rings. The lowest BCUT2D eigenvalue weighted by atomic mass is 9.75. The van der Waals surface area contributed by atoms with E-state index in [1.165, 1.54) is 0 Å². The molecule has 1 unspecified atom stereocenters. The summed E-state index contributed by atoms with van der Waals surface area (Å²) in [6, 6.07) is 20.7. The first kappa shape index (κ1) is 21.8. The Morgan fingerprint density at radius 2 is 1.26 bits per heavy atom. The van der Waals surface area contributed by atoms with E-state index < -0.39 is 11.3 Å². The van der Waals surface area contributed by atoms with Gasteiger partial charge in [-0.25, -0.2) is 0 Å². The smallest absolute Gasteiger partial charge is 0.158 e. The molecule has 0 aliphatic heterocycles. The van der Waals surface area contributed by atoms with Crippen LogP contribution in [0.1, 0.15) is 51.7 Å². The van der Waals surface area contributed by atoms with Gasteiger partial charge in [-0.15, -0.1) is 0 Å². The number of ether oxygens (including phenoxy) is 1. The number of hydrogen-bond donors (Lipinski definition) is 0. The third kappa shape index (κ3) is 5.10. The number of nitriles is 3.